The van der Waals surface area contributed by atoms with Crippen LogP contribution in [0.15, 0.2) is 41.5 Å². The van der Waals surface area contributed by atoms with Gasteiger partial charge in [-0.1, -0.05) is 71.0 Å². The summed E-state index contributed by atoms with van der Waals surface area (Å²) in [7, 11) is -0.393. The number of thioether (sulfide) groups is 1. The molecule has 0 aromatic heterocycles. The molecule has 1 unspecified atom stereocenters. The first-order valence-electron chi connectivity index (χ1n) is 8.69. The van der Waals surface area contributed by atoms with Crippen molar-refractivity contribution in [1.29, 1.82) is 0 Å². The molecular weight excluding hydrogens is 431 g/mol. The monoisotopic (exact) mass is 464 g/mol. The molecule has 0 aliphatic heterocycles. The standard InChI is InChI=1S/C16H29SSi.C5H5.2ClH.Ti/c1-12(2)17-16(18(7)8)10-9-13(3)11-14(16)15(4,5)6;1-2-4-5-3-1;;;/h9,11-12H,10H2,1-8H3;1-3H,4H2;2*1H;/q;-1;;;+3/p-2. The Morgan fingerprint density at radius 3 is 2.08 bits per heavy atom. The van der Waals surface area contributed by atoms with Crippen molar-refractivity contribution >= 4 is 20.6 Å². The predicted molar refractivity (Wildman–Crippen MR) is 110 cm³/mol. The Kier molecular flexibility index (Phi) is 16.9. The first-order chi connectivity index (χ1) is 10.6. The van der Waals surface area contributed by atoms with E-state index in [4.69, 9.17) is 0 Å². The summed E-state index contributed by atoms with van der Waals surface area (Å²) >= 11 is 2.20. The van der Waals surface area contributed by atoms with E-state index >= 15 is 0 Å². The van der Waals surface area contributed by atoms with E-state index in [-0.39, 0.29) is 51.9 Å². The van der Waals surface area contributed by atoms with Gasteiger partial charge in [0.15, 0.2) is 0 Å². The van der Waals surface area contributed by atoms with Crippen LogP contribution in [0.25, 0.3) is 0 Å². The summed E-state index contributed by atoms with van der Waals surface area (Å²) in [6, 6.07) is 0. The zero-order valence-electron chi connectivity index (χ0n) is 17.5. The maximum atomic E-state index is 2.99. The summed E-state index contributed by atoms with van der Waals surface area (Å²) in [5.41, 5.74) is 3.40. The molecule has 0 fully saturated rings. The zero-order chi connectivity index (χ0) is 17.7. The average molecular weight is 465 g/mol. The molecule has 146 valence electrons. The van der Waals surface area contributed by atoms with Crippen molar-refractivity contribution in [2.45, 2.75) is 77.1 Å². The van der Waals surface area contributed by atoms with Crippen molar-refractivity contribution in [1.82, 2.24) is 0 Å². The second-order valence-corrected chi connectivity index (χ2v) is 13.0. The van der Waals surface area contributed by atoms with E-state index in [9.17, 15) is 0 Å². The summed E-state index contributed by atoms with van der Waals surface area (Å²) < 4.78 is 0.386. The quantitative estimate of drug-likeness (QED) is 0.439. The van der Waals surface area contributed by atoms with E-state index in [2.05, 4.69) is 90.7 Å². The molecule has 0 aromatic rings. The van der Waals surface area contributed by atoms with Crippen molar-refractivity contribution in [2.24, 2.45) is 5.41 Å². The van der Waals surface area contributed by atoms with Crippen LogP contribution in [0.3, 0.4) is 0 Å². The van der Waals surface area contributed by atoms with Gasteiger partial charge in [0.05, 0.1) is 8.80 Å². The number of hydrogen-bond acceptors (Lipinski definition) is 1. The minimum absolute atomic E-state index is 0. The third kappa shape index (κ3) is 9.35. The van der Waals surface area contributed by atoms with Crippen LogP contribution in [0, 0.1) is 11.5 Å². The van der Waals surface area contributed by atoms with Crippen molar-refractivity contribution in [3.8, 4) is 0 Å². The number of halogens is 2. The SMILES string of the molecule is CC1=CCC(SC(C)C)([Si](C)C)C(C(C)(C)C)=C1.[C-]1=CC=CC1.[Cl-].[Cl-].[Ti+3]. The third-order valence-corrected chi connectivity index (χ3v) is 9.08. The van der Waals surface area contributed by atoms with Crippen LogP contribution in [0.4, 0.5) is 0 Å². The molecule has 2 aliphatic carbocycles. The largest absolute Gasteiger partial charge is 3.00 e. The Bertz CT molecular complexity index is 507. The molecule has 0 saturated heterocycles. The van der Waals surface area contributed by atoms with Crippen molar-refractivity contribution in [3.05, 3.63) is 47.6 Å². The van der Waals surface area contributed by atoms with Crippen LogP contribution in [0.1, 0.15) is 54.4 Å². The van der Waals surface area contributed by atoms with Gasteiger partial charge in [-0.25, -0.2) is 12.2 Å². The fraction of sp³-hybridized carbons (Fsp3) is 0.619. The molecule has 2 rings (SSSR count). The van der Waals surface area contributed by atoms with Crippen LogP contribution in [0.5, 0.6) is 0 Å². The Morgan fingerprint density at radius 1 is 1.19 bits per heavy atom. The van der Waals surface area contributed by atoms with E-state index in [1.807, 2.05) is 12.2 Å². The molecule has 2 aliphatic rings. The summed E-state index contributed by atoms with van der Waals surface area (Å²) in [4.78, 5) is 0. The molecule has 5 heteroatoms. The molecule has 0 amide bonds. The smallest absolute Gasteiger partial charge is 1.00 e. The maximum Gasteiger partial charge on any atom is 3.00 e. The first kappa shape index (κ1) is 31.5. The van der Waals surface area contributed by atoms with Gasteiger partial charge in [-0.3, -0.25) is 6.08 Å². The zero-order valence-corrected chi connectivity index (χ0v) is 22.4. The van der Waals surface area contributed by atoms with E-state index < -0.39 is 8.80 Å². The van der Waals surface area contributed by atoms with E-state index in [0.29, 0.717) is 9.62 Å². The molecule has 26 heavy (non-hydrogen) atoms. The van der Waals surface area contributed by atoms with Crippen LogP contribution in [0.2, 0.25) is 13.1 Å². The number of hydrogen-bond donors (Lipinski definition) is 0. The third-order valence-electron chi connectivity index (χ3n) is 4.16. The summed E-state index contributed by atoms with van der Waals surface area (Å²) in [5, 5.41) is 0.697. The Hall–Kier alpha value is 0.821. The van der Waals surface area contributed by atoms with Crippen molar-refractivity contribution in [2.75, 3.05) is 0 Å². The molecule has 0 nitrogen and oxygen atoms in total. The van der Waals surface area contributed by atoms with Crippen LogP contribution >= 0.6 is 11.8 Å². The normalized spacial score (nSPS) is 21.0. The molecule has 2 radical (unpaired) electrons. The Labute approximate surface area is 196 Å². The number of allylic oxidation sites excluding steroid dienone is 7. The first-order valence-corrected chi connectivity index (χ1v) is 12.1. The molecule has 0 N–H and O–H groups in total. The van der Waals surface area contributed by atoms with Crippen LogP contribution < -0.4 is 24.8 Å². The molecule has 0 spiro atoms. The molecule has 1 atom stereocenters. The minimum atomic E-state index is -0.393. The van der Waals surface area contributed by atoms with E-state index in [1.165, 1.54) is 12.0 Å². The molecule has 0 bridgehead atoms. The second-order valence-electron chi connectivity index (χ2n) is 7.96. The van der Waals surface area contributed by atoms with Gasteiger partial charge in [-0.2, -0.15) is 17.8 Å². The van der Waals surface area contributed by atoms with Crippen molar-refractivity contribution < 1.29 is 46.5 Å². The average Bonchev–Trinajstić information content (AvgIpc) is 2.98. The predicted octanol–water partition coefficient (Wildman–Crippen LogP) is 0.794. The summed E-state index contributed by atoms with van der Waals surface area (Å²) in [5.74, 6) is 0. The van der Waals surface area contributed by atoms with E-state index in [0.717, 1.165) is 6.42 Å². The molecule has 0 saturated carbocycles. The fourth-order valence-corrected chi connectivity index (χ4v) is 7.71. The molecule has 0 aromatic carbocycles. The van der Waals surface area contributed by atoms with E-state index in [1.54, 1.807) is 5.57 Å². The maximum absolute atomic E-state index is 2.99. The summed E-state index contributed by atoms with van der Waals surface area (Å²) in [6.45, 7) is 19.0. The Balaban J connectivity index is -0.000000572. The summed E-state index contributed by atoms with van der Waals surface area (Å²) in [6.07, 6.45) is 16.1. The van der Waals surface area contributed by atoms with Gasteiger partial charge >= 0.3 is 21.7 Å². The Morgan fingerprint density at radius 2 is 1.77 bits per heavy atom. The topological polar surface area (TPSA) is 0 Å². The van der Waals surface area contributed by atoms with Gasteiger partial charge in [0.1, 0.15) is 0 Å². The molecular formula is C21H34Cl2SSiTi. The number of rotatable bonds is 3. The van der Waals surface area contributed by atoms with Crippen LogP contribution in [-0.4, -0.2) is 18.4 Å². The second kappa shape index (κ2) is 13.9. The van der Waals surface area contributed by atoms with Gasteiger partial charge in [-0.05, 0) is 24.0 Å². The van der Waals surface area contributed by atoms with Gasteiger partial charge in [0.25, 0.3) is 0 Å². The van der Waals surface area contributed by atoms with Crippen LogP contribution in [-0.2, 0) is 21.7 Å². The fourth-order valence-electron chi connectivity index (χ4n) is 3.09. The minimum Gasteiger partial charge on any atom is -1.00 e. The van der Waals surface area contributed by atoms with Crippen molar-refractivity contribution in [3.63, 3.8) is 0 Å². The molecule has 0 heterocycles. The van der Waals surface area contributed by atoms with Gasteiger partial charge in [0, 0.05) is 4.37 Å². The van der Waals surface area contributed by atoms with Gasteiger partial charge < -0.3 is 24.8 Å². The van der Waals surface area contributed by atoms with Gasteiger partial charge in [-0.15, -0.1) is 6.42 Å². The van der Waals surface area contributed by atoms with Gasteiger partial charge in [0.2, 0.25) is 0 Å².